The molecule has 1 N–H and O–H groups in total. The average molecular weight is 304 g/mol. The lowest BCUT2D eigenvalue weighted by molar-refractivity contribution is 0.695. The highest BCUT2D eigenvalue weighted by Gasteiger charge is 2.08. The van der Waals surface area contributed by atoms with Gasteiger partial charge in [-0.2, -0.15) is 5.10 Å². The van der Waals surface area contributed by atoms with Gasteiger partial charge in [0.1, 0.15) is 5.52 Å². The summed E-state index contributed by atoms with van der Waals surface area (Å²) in [6, 6.07) is 10.0. The summed E-state index contributed by atoms with van der Waals surface area (Å²) in [4.78, 5) is 14.3. The van der Waals surface area contributed by atoms with E-state index in [9.17, 15) is 4.79 Å². The molecule has 0 amide bonds. The fourth-order valence-corrected chi connectivity index (χ4v) is 2.30. The van der Waals surface area contributed by atoms with Crippen molar-refractivity contribution in [3.05, 3.63) is 63.1 Å². The summed E-state index contributed by atoms with van der Waals surface area (Å²) in [6.07, 6.45) is 3.39. The zero-order valence-corrected chi connectivity index (χ0v) is 11.0. The van der Waals surface area contributed by atoms with Gasteiger partial charge in [-0.05, 0) is 21.5 Å². The predicted molar refractivity (Wildman–Crippen MR) is 73.6 cm³/mol. The predicted octanol–water partition coefficient (Wildman–Crippen LogP) is 2.54. The molecule has 3 aromatic rings. The molecule has 0 saturated carbocycles. The molecule has 5 heteroatoms. The Morgan fingerprint density at radius 3 is 2.78 bits per heavy atom. The number of hydrogen-bond donors (Lipinski definition) is 1. The zero-order chi connectivity index (χ0) is 12.5. The molecule has 1 aromatic carbocycles. The topological polar surface area (TPSA) is 50.7 Å². The Bertz CT molecular complexity index is 746. The van der Waals surface area contributed by atoms with Gasteiger partial charge in [-0.3, -0.25) is 9.48 Å². The maximum Gasteiger partial charge on any atom is 0.259 e. The van der Waals surface area contributed by atoms with Gasteiger partial charge >= 0.3 is 0 Å². The van der Waals surface area contributed by atoms with Gasteiger partial charge in [0.05, 0.1) is 16.4 Å². The first-order chi connectivity index (χ1) is 8.74. The Morgan fingerprint density at radius 1 is 1.28 bits per heavy atom. The van der Waals surface area contributed by atoms with Crippen LogP contribution in [0, 0.1) is 0 Å². The number of nitrogens with zero attached hydrogens (tertiary/aromatic N) is 2. The molecule has 0 bridgehead atoms. The summed E-state index contributed by atoms with van der Waals surface area (Å²) in [5.74, 6) is 0. The van der Waals surface area contributed by atoms with Gasteiger partial charge in [0.25, 0.3) is 5.56 Å². The van der Waals surface area contributed by atoms with E-state index in [1.54, 1.807) is 17.1 Å². The molecular formula is C13H10BrN3O. The molecule has 4 nitrogen and oxygen atoms in total. The van der Waals surface area contributed by atoms with Crippen molar-refractivity contribution in [2.24, 2.45) is 0 Å². The minimum atomic E-state index is -0.118. The molecule has 2 aromatic heterocycles. The van der Waals surface area contributed by atoms with Crippen LogP contribution in [0.2, 0.25) is 0 Å². The van der Waals surface area contributed by atoms with E-state index in [-0.39, 0.29) is 5.56 Å². The summed E-state index contributed by atoms with van der Waals surface area (Å²) in [7, 11) is 0. The van der Waals surface area contributed by atoms with Crippen LogP contribution in [-0.4, -0.2) is 14.8 Å². The Balaban J connectivity index is 2.07. The van der Waals surface area contributed by atoms with Gasteiger partial charge in [-0.25, -0.2) is 0 Å². The maximum atomic E-state index is 11.7. The fourth-order valence-electron chi connectivity index (χ4n) is 1.89. The minimum absolute atomic E-state index is 0.118. The molecule has 90 valence electrons. The lowest BCUT2D eigenvalue weighted by Gasteiger charge is -2.00. The van der Waals surface area contributed by atoms with E-state index in [0.717, 1.165) is 10.0 Å². The SMILES string of the molecule is O=c1[nH]cc(Br)c2nn(Cc3ccccc3)cc12. The third kappa shape index (κ3) is 1.97. The van der Waals surface area contributed by atoms with Crippen LogP contribution in [0.4, 0.5) is 0 Å². The highest BCUT2D eigenvalue weighted by molar-refractivity contribution is 9.10. The standard InChI is InChI=1S/C13H10BrN3O/c14-11-6-15-13(18)10-8-17(16-12(10)11)7-9-4-2-1-3-5-9/h1-6,8H,7H2,(H,15,18). The summed E-state index contributed by atoms with van der Waals surface area (Å²) >= 11 is 3.38. The van der Waals surface area contributed by atoms with Crippen molar-refractivity contribution in [3.8, 4) is 0 Å². The van der Waals surface area contributed by atoms with Crippen molar-refractivity contribution in [2.75, 3.05) is 0 Å². The monoisotopic (exact) mass is 303 g/mol. The van der Waals surface area contributed by atoms with Crippen LogP contribution in [0.3, 0.4) is 0 Å². The van der Waals surface area contributed by atoms with Crippen LogP contribution in [0.5, 0.6) is 0 Å². The van der Waals surface area contributed by atoms with E-state index in [1.807, 2.05) is 30.3 Å². The summed E-state index contributed by atoms with van der Waals surface area (Å²) in [5.41, 5.74) is 1.72. The number of halogens is 1. The van der Waals surface area contributed by atoms with Crippen LogP contribution in [0.15, 0.2) is 52.0 Å². The van der Waals surface area contributed by atoms with Crippen LogP contribution < -0.4 is 5.56 Å². The van der Waals surface area contributed by atoms with E-state index in [2.05, 4.69) is 26.0 Å². The number of fused-ring (bicyclic) bond motifs is 1. The number of H-pyrrole nitrogens is 1. The van der Waals surface area contributed by atoms with Crippen LogP contribution in [-0.2, 0) is 6.54 Å². The second kappa shape index (κ2) is 4.42. The molecule has 0 aliphatic carbocycles. The summed E-state index contributed by atoms with van der Waals surface area (Å²) < 4.78 is 2.57. The van der Waals surface area contributed by atoms with E-state index in [0.29, 0.717) is 17.4 Å². The molecule has 0 radical (unpaired) electrons. The largest absolute Gasteiger partial charge is 0.327 e. The maximum absolute atomic E-state index is 11.7. The van der Waals surface area contributed by atoms with Crippen LogP contribution >= 0.6 is 15.9 Å². The van der Waals surface area contributed by atoms with Gasteiger partial charge in [0, 0.05) is 12.4 Å². The van der Waals surface area contributed by atoms with Crippen LogP contribution in [0.25, 0.3) is 10.9 Å². The second-order valence-corrected chi connectivity index (χ2v) is 4.89. The third-order valence-electron chi connectivity index (χ3n) is 2.75. The van der Waals surface area contributed by atoms with Crippen molar-refractivity contribution >= 4 is 26.8 Å². The Hall–Kier alpha value is -1.88. The molecule has 0 unspecified atom stereocenters. The number of nitrogens with one attached hydrogen (secondary N) is 1. The molecule has 0 atom stereocenters. The van der Waals surface area contributed by atoms with Gasteiger partial charge in [0.15, 0.2) is 0 Å². The summed E-state index contributed by atoms with van der Waals surface area (Å²) in [6.45, 7) is 0.654. The van der Waals surface area contributed by atoms with E-state index in [1.165, 1.54) is 0 Å². The number of hydrogen-bond acceptors (Lipinski definition) is 2. The molecular weight excluding hydrogens is 294 g/mol. The van der Waals surface area contributed by atoms with Gasteiger partial charge in [-0.1, -0.05) is 30.3 Å². The molecule has 0 spiro atoms. The third-order valence-corrected chi connectivity index (χ3v) is 3.35. The number of benzene rings is 1. The molecule has 0 fully saturated rings. The molecule has 2 heterocycles. The van der Waals surface area contributed by atoms with Gasteiger partial charge < -0.3 is 4.98 Å². The first-order valence-corrected chi connectivity index (χ1v) is 6.31. The van der Waals surface area contributed by atoms with Crippen molar-refractivity contribution < 1.29 is 0 Å². The van der Waals surface area contributed by atoms with E-state index in [4.69, 9.17) is 0 Å². The Morgan fingerprint density at radius 2 is 2.06 bits per heavy atom. The molecule has 3 rings (SSSR count). The minimum Gasteiger partial charge on any atom is -0.327 e. The molecule has 18 heavy (non-hydrogen) atoms. The van der Waals surface area contributed by atoms with E-state index < -0.39 is 0 Å². The van der Waals surface area contributed by atoms with E-state index >= 15 is 0 Å². The van der Waals surface area contributed by atoms with Crippen molar-refractivity contribution in [1.82, 2.24) is 14.8 Å². The first kappa shape index (κ1) is 11.2. The Kier molecular flexibility index (Phi) is 2.76. The molecule has 0 saturated heterocycles. The number of aromatic nitrogens is 3. The van der Waals surface area contributed by atoms with Crippen LogP contribution in [0.1, 0.15) is 5.56 Å². The average Bonchev–Trinajstić information content (AvgIpc) is 2.80. The van der Waals surface area contributed by atoms with Crippen molar-refractivity contribution in [2.45, 2.75) is 6.54 Å². The molecule has 0 aliphatic heterocycles. The lowest BCUT2D eigenvalue weighted by atomic mass is 10.2. The first-order valence-electron chi connectivity index (χ1n) is 5.52. The molecule has 0 aliphatic rings. The Labute approximate surface area is 111 Å². The normalized spacial score (nSPS) is 10.9. The highest BCUT2D eigenvalue weighted by atomic mass is 79.9. The van der Waals surface area contributed by atoms with Crippen molar-refractivity contribution in [3.63, 3.8) is 0 Å². The zero-order valence-electron chi connectivity index (χ0n) is 9.43. The number of pyridine rings is 1. The highest BCUT2D eigenvalue weighted by Crippen LogP contribution is 2.18. The lowest BCUT2D eigenvalue weighted by Crippen LogP contribution is -2.03. The smallest absolute Gasteiger partial charge is 0.259 e. The van der Waals surface area contributed by atoms with Gasteiger partial charge in [0.2, 0.25) is 0 Å². The quantitative estimate of drug-likeness (QED) is 0.791. The number of aromatic amines is 1. The fraction of sp³-hybridized carbons (Fsp3) is 0.0769. The summed E-state index contributed by atoms with van der Waals surface area (Å²) in [5, 5.41) is 5.02. The second-order valence-electron chi connectivity index (χ2n) is 4.04. The number of rotatable bonds is 2. The van der Waals surface area contributed by atoms with Crippen molar-refractivity contribution in [1.29, 1.82) is 0 Å². The van der Waals surface area contributed by atoms with Gasteiger partial charge in [-0.15, -0.1) is 0 Å².